The van der Waals surface area contributed by atoms with Crippen LogP contribution in [0, 0.1) is 16.7 Å². The topological polar surface area (TPSA) is 29.1 Å². The summed E-state index contributed by atoms with van der Waals surface area (Å²) >= 11 is 0. The molecule has 0 heterocycles. The lowest BCUT2D eigenvalue weighted by Gasteiger charge is -2.65. The van der Waals surface area contributed by atoms with E-state index in [9.17, 15) is 4.79 Å². The van der Waals surface area contributed by atoms with E-state index in [2.05, 4.69) is 42.6 Å². The van der Waals surface area contributed by atoms with Crippen LogP contribution in [0.1, 0.15) is 83.1 Å². The van der Waals surface area contributed by atoms with Gasteiger partial charge in [0.2, 0.25) is 5.91 Å². The predicted octanol–water partition coefficient (Wildman–Crippen LogP) is 5.36. The molecule has 5 aliphatic carbocycles. The summed E-state index contributed by atoms with van der Waals surface area (Å²) < 4.78 is 0. The van der Waals surface area contributed by atoms with Crippen LogP contribution in [0.3, 0.4) is 0 Å². The summed E-state index contributed by atoms with van der Waals surface area (Å²) in [5.74, 6) is 1.13. The smallest absolute Gasteiger partial charge is 0.226 e. The van der Waals surface area contributed by atoms with Gasteiger partial charge in [-0.3, -0.25) is 4.79 Å². The van der Waals surface area contributed by atoms with Crippen LogP contribution in [0.4, 0.5) is 0 Å². The molecule has 2 nitrogen and oxygen atoms in total. The summed E-state index contributed by atoms with van der Waals surface area (Å²) in [5, 5.41) is 3.52. The van der Waals surface area contributed by atoms with E-state index in [4.69, 9.17) is 0 Å². The van der Waals surface area contributed by atoms with E-state index in [1.807, 2.05) is 0 Å². The van der Waals surface area contributed by atoms with Gasteiger partial charge in [0.05, 0.1) is 5.41 Å². The van der Waals surface area contributed by atoms with Gasteiger partial charge in [0.15, 0.2) is 0 Å². The lowest BCUT2D eigenvalue weighted by molar-refractivity contribution is -0.161. The molecule has 0 radical (unpaired) electrons. The van der Waals surface area contributed by atoms with Crippen LogP contribution >= 0.6 is 0 Å². The molecule has 5 saturated carbocycles. The zero-order chi connectivity index (χ0) is 17.8. The van der Waals surface area contributed by atoms with Gasteiger partial charge in [0, 0.05) is 6.04 Å². The largest absolute Gasteiger partial charge is 0.353 e. The van der Waals surface area contributed by atoms with Gasteiger partial charge in [-0.1, -0.05) is 56.5 Å². The summed E-state index contributed by atoms with van der Waals surface area (Å²) in [6.45, 7) is 2.47. The molecule has 4 atom stereocenters. The SMILES string of the molecule is CC12CC3CC(C(=O)NC4CCCCC4)(C1)CC(c1ccccc1)(C3)C2. The van der Waals surface area contributed by atoms with E-state index in [0.29, 0.717) is 17.4 Å². The highest BCUT2D eigenvalue weighted by Crippen LogP contribution is 2.70. The maximum atomic E-state index is 13.6. The first kappa shape index (κ1) is 16.8. The average Bonchev–Trinajstić information content (AvgIpc) is 2.61. The van der Waals surface area contributed by atoms with Crippen molar-refractivity contribution < 1.29 is 4.79 Å². The number of hydrogen-bond donors (Lipinski definition) is 1. The van der Waals surface area contributed by atoms with Crippen LogP contribution in [0.5, 0.6) is 0 Å². The maximum Gasteiger partial charge on any atom is 0.226 e. The van der Waals surface area contributed by atoms with Crippen molar-refractivity contribution in [3.63, 3.8) is 0 Å². The van der Waals surface area contributed by atoms with E-state index in [1.54, 1.807) is 0 Å². The molecule has 5 aliphatic rings. The second-order valence-corrected chi connectivity index (χ2v) is 10.6. The zero-order valence-electron chi connectivity index (χ0n) is 16.2. The first-order chi connectivity index (χ1) is 12.5. The minimum Gasteiger partial charge on any atom is -0.353 e. The fourth-order valence-electron chi connectivity index (χ4n) is 7.87. The first-order valence-electron chi connectivity index (χ1n) is 10.9. The molecule has 0 aromatic heterocycles. The van der Waals surface area contributed by atoms with E-state index in [0.717, 1.165) is 25.2 Å². The number of carbonyl (C=O) groups is 1. The maximum absolute atomic E-state index is 13.6. The molecule has 1 amide bonds. The molecule has 6 rings (SSSR count). The fraction of sp³-hybridized carbons (Fsp3) is 0.708. The number of carbonyl (C=O) groups excluding carboxylic acids is 1. The lowest BCUT2D eigenvalue weighted by atomic mass is 9.38. The Balaban J connectivity index is 1.46. The second-order valence-electron chi connectivity index (χ2n) is 10.6. The summed E-state index contributed by atoms with van der Waals surface area (Å²) in [6.07, 6.45) is 13.5. The second kappa shape index (κ2) is 5.84. The number of hydrogen-bond acceptors (Lipinski definition) is 1. The van der Waals surface area contributed by atoms with E-state index < -0.39 is 0 Å². The zero-order valence-corrected chi connectivity index (χ0v) is 16.2. The minimum absolute atomic E-state index is 0.110. The molecule has 4 unspecified atom stereocenters. The van der Waals surface area contributed by atoms with Crippen LogP contribution in [0.2, 0.25) is 0 Å². The van der Waals surface area contributed by atoms with Crippen molar-refractivity contribution >= 4 is 5.91 Å². The first-order valence-corrected chi connectivity index (χ1v) is 10.9. The molecule has 2 heteroatoms. The van der Waals surface area contributed by atoms with Crippen LogP contribution in [0.25, 0.3) is 0 Å². The van der Waals surface area contributed by atoms with E-state index in [-0.39, 0.29) is 10.8 Å². The monoisotopic (exact) mass is 351 g/mol. The predicted molar refractivity (Wildman–Crippen MR) is 105 cm³/mol. The van der Waals surface area contributed by atoms with E-state index in [1.165, 1.54) is 56.9 Å². The molecule has 1 aromatic carbocycles. The summed E-state index contributed by atoms with van der Waals surface area (Å²) in [6, 6.07) is 11.6. The summed E-state index contributed by atoms with van der Waals surface area (Å²) in [5.41, 5.74) is 1.96. The summed E-state index contributed by atoms with van der Waals surface area (Å²) in [4.78, 5) is 13.6. The van der Waals surface area contributed by atoms with Gasteiger partial charge in [-0.05, 0) is 73.7 Å². The highest BCUT2D eigenvalue weighted by Gasteiger charge is 2.64. The van der Waals surface area contributed by atoms with Gasteiger partial charge in [0.25, 0.3) is 0 Å². The molecule has 0 spiro atoms. The van der Waals surface area contributed by atoms with Gasteiger partial charge in [-0.15, -0.1) is 0 Å². The van der Waals surface area contributed by atoms with Gasteiger partial charge in [-0.25, -0.2) is 0 Å². The van der Waals surface area contributed by atoms with Gasteiger partial charge >= 0.3 is 0 Å². The highest BCUT2D eigenvalue weighted by atomic mass is 16.2. The molecule has 140 valence electrons. The molecular formula is C24H33NO. The third-order valence-corrected chi connectivity index (χ3v) is 8.16. The van der Waals surface area contributed by atoms with Crippen LogP contribution in [-0.4, -0.2) is 11.9 Å². The highest BCUT2D eigenvalue weighted by molar-refractivity contribution is 5.84. The Bertz CT molecular complexity index is 693. The van der Waals surface area contributed by atoms with Crippen molar-refractivity contribution in [1.82, 2.24) is 5.32 Å². The van der Waals surface area contributed by atoms with Crippen molar-refractivity contribution in [1.29, 1.82) is 0 Å². The standard InChI is InChI=1S/C24H33NO/c1-22-12-18-13-23(15-22,19-8-4-2-5-9-19)17-24(14-18,16-22)21(26)25-20-10-6-3-7-11-20/h2,4-5,8-9,18,20H,3,6-7,10-17H2,1H3,(H,25,26). The van der Waals surface area contributed by atoms with Crippen LogP contribution in [-0.2, 0) is 10.2 Å². The number of rotatable bonds is 3. The molecular weight excluding hydrogens is 318 g/mol. The molecule has 1 aromatic rings. The Morgan fingerprint density at radius 1 is 0.962 bits per heavy atom. The van der Waals surface area contributed by atoms with Crippen molar-refractivity contribution in [2.75, 3.05) is 0 Å². The van der Waals surface area contributed by atoms with Gasteiger partial charge < -0.3 is 5.32 Å². The van der Waals surface area contributed by atoms with E-state index >= 15 is 0 Å². The molecule has 0 saturated heterocycles. The third kappa shape index (κ3) is 2.63. The van der Waals surface area contributed by atoms with Crippen LogP contribution in [0.15, 0.2) is 30.3 Å². The van der Waals surface area contributed by atoms with Crippen molar-refractivity contribution in [3.05, 3.63) is 35.9 Å². The summed E-state index contributed by atoms with van der Waals surface area (Å²) in [7, 11) is 0. The average molecular weight is 352 g/mol. The van der Waals surface area contributed by atoms with Crippen LogP contribution < -0.4 is 5.32 Å². The Labute approximate surface area is 158 Å². The molecule has 26 heavy (non-hydrogen) atoms. The lowest BCUT2D eigenvalue weighted by Crippen LogP contribution is -2.62. The Morgan fingerprint density at radius 2 is 1.73 bits per heavy atom. The normalized spacial score (nSPS) is 42.0. The molecule has 0 aliphatic heterocycles. The molecule has 4 bridgehead atoms. The number of amides is 1. The van der Waals surface area contributed by atoms with Gasteiger partial charge in [0.1, 0.15) is 0 Å². The molecule has 1 N–H and O–H groups in total. The van der Waals surface area contributed by atoms with Crippen molar-refractivity contribution in [2.24, 2.45) is 16.7 Å². The number of benzene rings is 1. The van der Waals surface area contributed by atoms with Crippen molar-refractivity contribution in [3.8, 4) is 0 Å². The van der Waals surface area contributed by atoms with Crippen molar-refractivity contribution in [2.45, 2.75) is 89.0 Å². The van der Waals surface area contributed by atoms with Gasteiger partial charge in [-0.2, -0.15) is 0 Å². The number of nitrogens with one attached hydrogen (secondary N) is 1. The fourth-order valence-corrected chi connectivity index (χ4v) is 7.87. The Hall–Kier alpha value is -1.31. The Kier molecular flexibility index (Phi) is 3.78. The third-order valence-electron chi connectivity index (χ3n) is 8.16. The molecule has 5 fully saturated rings. The quantitative estimate of drug-likeness (QED) is 0.780. The minimum atomic E-state index is -0.110. The Morgan fingerprint density at radius 3 is 2.46 bits per heavy atom.